The molecule has 0 spiro atoms. The molecule has 0 aliphatic rings. The van der Waals surface area contributed by atoms with Gasteiger partial charge in [-0.25, -0.2) is 0 Å². The topological polar surface area (TPSA) is 78.9 Å². The van der Waals surface area contributed by atoms with E-state index in [2.05, 4.69) is 81.5 Å². The van der Waals surface area contributed by atoms with Crippen molar-refractivity contribution in [3.8, 4) is 0 Å². The van der Waals surface area contributed by atoms with E-state index < -0.39 is 6.10 Å². The van der Waals surface area contributed by atoms with Crippen molar-refractivity contribution in [2.24, 2.45) is 0 Å². The van der Waals surface area contributed by atoms with E-state index in [1.807, 2.05) is 0 Å². The first kappa shape index (κ1) is 70.1. The molecule has 0 aromatic heterocycles. The Morgan fingerprint density at radius 1 is 0.274 bits per heavy atom. The third-order valence-corrected chi connectivity index (χ3v) is 13.9. The number of carbonyl (C=O) groups is 3. The predicted molar refractivity (Wildman–Crippen MR) is 316 cm³/mol. The molecule has 0 aliphatic carbocycles. The van der Waals surface area contributed by atoms with Gasteiger partial charge in [-0.1, -0.05) is 268 Å². The maximum absolute atomic E-state index is 12.9. The van der Waals surface area contributed by atoms with Crippen molar-refractivity contribution in [1.29, 1.82) is 0 Å². The molecule has 1 atom stereocenters. The van der Waals surface area contributed by atoms with E-state index >= 15 is 0 Å². The van der Waals surface area contributed by atoms with Crippen molar-refractivity contribution >= 4 is 17.9 Å². The summed E-state index contributed by atoms with van der Waals surface area (Å²) in [6.07, 6.45) is 78.0. The second-order valence-electron chi connectivity index (χ2n) is 21.3. The van der Waals surface area contributed by atoms with Gasteiger partial charge in [0.1, 0.15) is 13.2 Å². The predicted octanol–water partition coefficient (Wildman–Crippen LogP) is 21.6. The van der Waals surface area contributed by atoms with Gasteiger partial charge in [-0.05, 0) is 103 Å². The summed E-state index contributed by atoms with van der Waals surface area (Å²) in [6.45, 7) is 6.58. The Labute approximate surface area is 453 Å². The van der Waals surface area contributed by atoms with Gasteiger partial charge in [0.25, 0.3) is 0 Å². The molecule has 1 unspecified atom stereocenters. The fourth-order valence-corrected chi connectivity index (χ4v) is 9.15. The van der Waals surface area contributed by atoms with Gasteiger partial charge in [0, 0.05) is 19.3 Å². The Kier molecular flexibility index (Phi) is 59.2. The number of allylic oxidation sites excluding steroid dienone is 10. The SMILES string of the molecule is CCC/C=C\C/C=C\CCCCCCCC(=O)OCC(COC(=O)CCCCCCCCCCCCCCC/C=C\C/C=C\CCCCCCC)OC(=O)CCCCCCCCC/C=C\CCCCCCCC. The van der Waals surface area contributed by atoms with Crippen molar-refractivity contribution in [3.05, 3.63) is 60.8 Å². The molecule has 6 heteroatoms. The minimum absolute atomic E-state index is 0.0790. The molecular weight excluding hydrogens is 901 g/mol. The van der Waals surface area contributed by atoms with Gasteiger partial charge in [0.15, 0.2) is 6.10 Å². The molecule has 0 aromatic rings. The number of hydrogen-bond donors (Lipinski definition) is 0. The molecule has 0 fully saturated rings. The maximum atomic E-state index is 12.9. The molecule has 0 heterocycles. The lowest BCUT2D eigenvalue weighted by atomic mass is 10.0. The van der Waals surface area contributed by atoms with E-state index in [-0.39, 0.29) is 31.1 Å². The number of ether oxygens (including phenoxy) is 3. The minimum Gasteiger partial charge on any atom is -0.462 e. The van der Waals surface area contributed by atoms with Crippen molar-refractivity contribution in [1.82, 2.24) is 0 Å². The van der Waals surface area contributed by atoms with Crippen LogP contribution in [0.15, 0.2) is 60.8 Å². The van der Waals surface area contributed by atoms with Crippen molar-refractivity contribution in [2.75, 3.05) is 13.2 Å². The second-order valence-corrected chi connectivity index (χ2v) is 21.3. The van der Waals surface area contributed by atoms with E-state index in [1.165, 1.54) is 199 Å². The highest BCUT2D eigenvalue weighted by atomic mass is 16.6. The highest BCUT2D eigenvalue weighted by Gasteiger charge is 2.19. The molecular formula is C67H120O6. The van der Waals surface area contributed by atoms with E-state index in [0.717, 1.165) is 89.9 Å². The second kappa shape index (κ2) is 61.7. The highest BCUT2D eigenvalue weighted by Crippen LogP contribution is 2.16. The Morgan fingerprint density at radius 3 is 0.822 bits per heavy atom. The zero-order valence-electron chi connectivity index (χ0n) is 48.7. The average Bonchev–Trinajstić information content (AvgIpc) is 3.39. The monoisotopic (exact) mass is 1020 g/mol. The Bertz CT molecular complexity index is 1310. The van der Waals surface area contributed by atoms with E-state index in [0.29, 0.717) is 19.3 Å². The number of rotatable bonds is 58. The summed E-state index contributed by atoms with van der Waals surface area (Å²) in [7, 11) is 0. The summed E-state index contributed by atoms with van der Waals surface area (Å²) < 4.78 is 16.9. The van der Waals surface area contributed by atoms with Gasteiger partial charge in [-0.3, -0.25) is 14.4 Å². The first-order valence-electron chi connectivity index (χ1n) is 31.8. The summed E-state index contributed by atoms with van der Waals surface area (Å²) in [6, 6.07) is 0. The number of hydrogen-bond acceptors (Lipinski definition) is 6. The Balaban J connectivity index is 4.28. The molecule has 0 bridgehead atoms. The highest BCUT2D eigenvalue weighted by molar-refractivity contribution is 5.71. The molecule has 424 valence electrons. The van der Waals surface area contributed by atoms with Crippen LogP contribution >= 0.6 is 0 Å². The van der Waals surface area contributed by atoms with Gasteiger partial charge in [0.2, 0.25) is 0 Å². The summed E-state index contributed by atoms with van der Waals surface area (Å²) >= 11 is 0. The lowest BCUT2D eigenvalue weighted by molar-refractivity contribution is -0.167. The van der Waals surface area contributed by atoms with Crippen LogP contribution in [0.3, 0.4) is 0 Å². The van der Waals surface area contributed by atoms with Gasteiger partial charge in [0.05, 0.1) is 0 Å². The zero-order valence-corrected chi connectivity index (χ0v) is 48.7. The standard InChI is InChI=1S/C67H120O6/c1-4-7-10-13-16-19-22-25-27-29-30-31-32-33-34-35-36-38-39-42-45-48-51-54-57-60-66(69)72-63-64(62-71-65(68)59-56-53-50-47-44-41-24-21-18-15-12-9-6-3)73-67(70)61-58-55-52-49-46-43-40-37-28-26-23-20-17-14-11-8-5-2/h12,15,21-22,24-26,28-30,64H,4-11,13-14,16-20,23,27,31-63H2,1-3H3/b15-12-,24-21-,25-22-,28-26-,30-29-. The van der Waals surface area contributed by atoms with Crippen LogP contribution < -0.4 is 0 Å². The van der Waals surface area contributed by atoms with Gasteiger partial charge >= 0.3 is 17.9 Å². The lowest BCUT2D eigenvalue weighted by Gasteiger charge is -2.18. The van der Waals surface area contributed by atoms with Gasteiger partial charge < -0.3 is 14.2 Å². The number of unbranched alkanes of at least 4 members (excludes halogenated alkanes) is 37. The maximum Gasteiger partial charge on any atom is 0.306 e. The average molecular weight is 1020 g/mol. The minimum atomic E-state index is -0.782. The van der Waals surface area contributed by atoms with E-state index in [9.17, 15) is 14.4 Å². The van der Waals surface area contributed by atoms with Crippen LogP contribution in [0.25, 0.3) is 0 Å². The summed E-state index contributed by atoms with van der Waals surface area (Å²) in [4.78, 5) is 38.3. The van der Waals surface area contributed by atoms with Crippen LogP contribution in [-0.4, -0.2) is 37.2 Å². The zero-order chi connectivity index (χ0) is 52.9. The molecule has 0 N–H and O–H groups in total. The van der Waals surface area contributed by atoms with Crippen LogP contribution in [0.1, 0.15) is 329 Å². The Hall–Kier alpha value is -2.89. The smallest absolute Gasteiger partial charge is 0.306 e. The van der Waals surface area contributed by atoms with Crippen LogP contribution in [-0.2, 0) is 28.6 Å². The summed E-state index contributed by atoms with van der Waals surface area (Å²) in [5.74, 6) is -0.884. The number of esters is 3. The molecule has 0 saturated heterocycles. The number of carbonyl (C=O) groups excluding carboxylic acids is 3. The van der Waals surface area contributed by atoms with Gasteiger partial charge in [-0.15, -0.1) is 0 Å². The van der Waals surface area contributed by atoms with E-state index in [1.54, 1.807) is 0 Å². The van der Waals surface area contributed by atoms with Crippen LogP contribution in [0, 0.1) is 0 Å². The van der Waals surface area contributed by atoms with Crippen molar-refractivity contribution in [3.63, 3.8) is 0 Å². The first-order valence-corrected chi connectivity index (χ1v) is 31.8. The quantitative estimate of drug-likeness (QED) is 0.0261. The molecule has 0 radical (unpaired) electrons. The summed E-state index contributed by atoms with van der Waals surface area (Å²) in [5, 5.41) is 0. The molecule has 0 saturated carbocycles. The van der Waals surface area contributed by atoms with Crippen molar-refractivity contribution < 1.29 is 28.6 Å². The summed E-state index contributed by atoms with van der Waals surface area (Å²) in [5.41, 5.74) is 0. The lowest BCUT2D eigenvalue weighted by Crippen LogP contribution is -2.30. The van der Waals surface area contributed by atoms with Crippen LogP contribution in [0.5, 0.6) is 0 Å². The van der Waals surface area contributed by atoms with E-state index in [4.69, 9.17) is 14.2 Å². The van der Waals surface area contributed by atoms with Gasteiger partial charge in [-0.2, -0.15) is 0 Å². The molecule has 0 amide bonds. The fourth-order valence-electron chi connectivity index (χ4n) is 9.15. The van der Waals surface area contributed by atoms with Crippen LogP contribution in [0.2, 0.25) is 0 Å². The van der Waals surface area contributed by atoms with Crippen molar-refractivity contribution in [2.45, 2.75) is 335 Å². The normalized spacial score (nSPS) is 12.4. The largest absolute Gasteiger partial charge is 0.462 e. The van der Waals surface area contributed by atoms with Crippen LogP contribution in [0.4, 0.5) is 0 Å². The third-order valence-electron chi connectivity index (χ3n) is 13.9. The Morgan fingerprint density at radius 2 is 0.521 bits per heavy atom. The third kappa shape index (κ3) is 59.9. The first-order chi connectivity index (χ1) is 36.0. The molecule has 73 heavy (non-hydrogen) atoms. The fraction of sp³-hybridized carbons (Fsp3) is 0.806. The molecule has 0 aliphatic heterocycles. The molecule has 6 nitrogen and oxygen atoms in total. The molecule has 0 rings (SSSR count). The molecule has 0 aromatic carbocycles.